The van der Waals surface area contributed by atoms with Crippen LogP contribution >= 0.6 is 31.9 Å². The Labute approximate surface area is 83.5 Å². The summed E-state index contributed by atoms with van der Waals surface area (Å²) >= 11 is 6.93. The predicted molar refractivity (Wildman–Crippen MR) is 53.9 cm³/mol. The van der Waals surface area contributed by atoms with Crippen molar-refractivity contribution in [1.29, 1.82) is 0 Å². The average Bonchev–Trinajstić information content (AvgIpc) is 2.03. The first kappa shape index (κ1) is 9.20. The summed E-state index contributed by atoms with van der Waals surface area (Å²) in [7, 11) is 0. The summed E-state index contributed by atoms with van der Waals surface area (Å²) in [5, 5.41) is 0. The minimum Gasteiger partial charge on any atom is -0.263 e. The van der Waals surface area contributed by atoms with Crippen molar-refractivity contribution in [1.82, 2.24) is 4.98 Å². The number of alkyl halides is 1. The van der Waals surface area contributed by atoms with Gasteiger partial charge in [0.2, 0.25) is 0 Å². The van der Waals surface area contributed by atoms with Gasteiger partial charge in [-0.15, -0.1) is 0 Å². The van der Waals surface area contributed by atoms with Gasteiger partial charge in [-0.25, -0.2) is 0 Å². The molecule has 0 bridgehead atoms. The molecule has 1 unspecified atom stereocenters. The van der Waals surface area contributed by atoms with Crippen molar-refractivity contribution in [3.63, 3.8) is 0 Å². The van der Waals surface area contributed by atoms with Crippen molar-refractivity contribution in [3.8, 4) is 0 Å². The van der Waals surface area contributed by atoms with Gasteiger partial charge in [-0.05, 0) is 34.0 Å². The topological polar surface area (TPSA) is 12.9 Å². The molecule has 1 atom stereocenters. The molecule has 0 saturated carbocycles. The molecular weight excluding hydrogens is 270 g/mol. The van der Waals surface area contributed by atoms with E-state index in [0.717, 1.165) is 10.9 Å². The Morgan fingerprint density at radius 2 is 2.27 bits per heavy atom. The van der Waals surface area contributed by atoms with E-state index in [-0.39, 0.29) is 0 Å². The highest BCUT2D eigenvalue weighted by atomic mass is 79.9. The zero-order valence-electron chi connectivity index (χ0n) is 6.22. The van der Waals surface area contributed by atoms with E-state index in [2.05, 4.69) is 49.8 Å². The van der Waals surface area contributed by atoms with E-state index >= 15 is 0 Å². The highest BCUT2D eigenvalue weighted by Gasteiger charge is 2.04. The Morgan fingerprint density at radius 1 is 1.55 bits per heavy atom. The Balaban J connectivity index is 2.86. The summed E-state index contributed by atoms with van der Waals surface area (Å²) in [6.07, 6.45) is 4.75. The van der Waals surface area contributed by atoms with E-state index in [1.54, 1.807) is 6.20 Å². The van der Waals surface area contributed by atoms with Crippen LogP contribution in [0.25, 0.3) is 0 Å². The third kappa shape index (κ3) is 2.56. The fraction of sp³-hybridized carbons (Fsp3) is 0.375. The Kier molecular flexibility index (Phi) is 3.52. The van der Waals surface area contributed by atoms with Crippen LogP contribution in [0.2, 0.25) is 0 Å². The molecule has 1 aromatic rings. The molecule has 0 aliphatic rings. The monoisotopic (exact) mass is 277 g/mol. The highest BCUT2D eigenvalue weighted by Crippen LogP contribution is 2.26. The zero-order valence-corrected chi connectivity index (χ0v) is 9.39. The number of hydrogen-bond acceptors (Lipinski definition) is 1. The van der Waals surface area contributed by atoms with E-state index in [4.69, 9.17) is 0 Å². The van der Waals surface area contributed by atoms with Crippen LogP contribution in [0.15, 0.2) is 22.9 Å². The molecule has 0 fully saturated rings. The van der Waals surface area contributed by atoms with Gasteiger partial charge in [-0.1, -0.05) is 22.9 Å². The Morgan fingerprint density at radius 3 is 2.82 bits per heavy atom. The second-order valence-electron chi connectivity index (χ2n) is 2.31. The van der Waals surface area contributed by atoms with Gasteiger partial charge < -0.3 is 0 Å². The van der Waals surface area contributed by atoms with Gasteiger partial charge in [0.1, 0.15) is 0 Å². The first-order valence-corrected chi connectivity index (χ1v) is 5.19. The van der Waals surface area contributed by atoms with Gasteiger partial charge in [0.05, 0.1) is 0 Å². The lowest BCUT2D eigenvalue weighted by molar-refractivity contribution is 0.902. The maximum absolute atomic E-state index is 4.08. The quantitative estimate of drug-likeness (QED) is 0.752. The zero-order chi connectivity index (χ0) is 8.27. The lowest BCUT2D eigenvalue weighted by Gasteiger charge is -2.05. The van der Waals surface area contributed by atoms with Crippen LogP contribution in [0.4, 0.5) is 0 Å². The molecule has 11 heavy (non-hydrogen) atoms. The largest absolute Gasteiger partial charge is 0.263 e. The summed E-state index contributed by atoms with van der Waals surface area (Å²) in [4.78, 5) is 4.50. The number of aromatic nitrogens is 1. The number of pyridine rings is 1. The molecule has 0 N–H and O–H groups in total. The summed E-state index contributed by atoms with van der Waals surface area (Å²) in [6, 6.07) is 2.08. The van der Waals surface area contributed by atoms with Crippen molar-refractivity contribution in [2.45, 2.75) is 18.2 Å². The standard InChI is InChI=1S/C8H9Br2N/c1-2-8(10)6-3-7(9)5-11-4-6/h3-5,8H,2H2,1H3. The molecule has 0 spiro atoms. The van der Waals surface area contributed by atoms with Gasteiger partial charge >= 0.3 is 0 Å². The third-order valence-electron chi connectivity index (χ3n) is 1.45. The van der Waals surface area contributed by atoms with Crippen molar-refractivity contribution < 1.29 is 0 Å². The van der Waals surface area contributed by atoms with E-state index in [0.29, 0.717) is 4.83 Å². The summed E-state index contributed by atoms with van der Waals surface area (Å²) in [5.74, 6) is 0. The first-order chi connectivity index (χ1) is 5.24. The van der Waals surface area contributed by atoms with Crippen LogP contribution in [0.3, 0.4) is 0 Å². The van der Waals surface area contributed by atoms with Crippen LogP contribution in [0.5, 0.6) is 0 Å². The van der Waals surface area contributed by atoms with Crippen molar-refractivity contribution in [2.75, 3.05) is 0 Å². The highest BCUT2D eigenvalue weighted by molar-refractivity contribution is 9.10. The summed E-state index contributed by atoms with van der Waals surface area (Å²) in [6.45, 7) is 2.14. The second kappa shape index (κ2) is 4.21. The molecule has 0 saturated heterocycles. The van der Waals surface area contributed by atoms with Crippen LogP contribution in [0, 0.1) is 0 Å². The fourth-order valence-corrected chi connectivity index (χ4v) is 1.47. The summed E-state index contributed by atoms with van der Waals surface area (Å²) in [5.41, 5.74) is 1.22. The van der Waals surface area contributed by atoms with Crippen LogP contribution < -0.4 is 0 Å². The number of nitrogens with zero attached hydrogens (tertiary/aromatic N) is 1. The maximum Gasteiger partial charge on any atom is 0.0410 e. The SMILES string of the molecule is CCC(Br)c1cncc(Br)c1. The molecule has 0 aromatic carbocycles. The first-order valence-electron chi connectivity index (χ1n) is 3.48. The lowest BCUT2D eigenvalue weighted by Crippen LogP contribution is -1.88. The molecule has 1 rings (SSSR count). The normalized spacial score (nSPS) is 13.0. The van der Waals surface area contributed by atoms with E-state index in [9.17, 15) is 0 Å². The molecule has 0 aliphatic heterocycles. The Bertz CT molecular complexity index is 237. The predicted octanol–water partition coefficient (Wildman–Crippen LogP) is 3.69. The van der Waals surface area contributed by atoms with Crippen LogP contribution in [-0.4, -0.2) is 4.98 Å². The number of rotatable bonds is 2. The second-order valence-corrected chi connectivity index (χ2v) is 4.33. The van der Waals surface area contributed by atoms with Gasteiger partial charge in [0.15, 0.2) is 0 Å². The van der Waals surface area contributed by atoms with E-state index in [1.165, 1.54) is 5.56 Å². The van der Waals surface area contributed by atoms with E-state index in [1.807, 2.05) is 6.20 Å². The molecule has 0 aliphatic carbocycles. The van der Waals surface area contributed by atoms with E-state index < -0.39 is 0 Å². The molecule has 1 aromatic heterocycles. The summed E-state index contributed by atoms with van der Waals surface area (Å²) < 4.78 is 1.04. The molecule has 1 nitrogen and oxygen atoms in total. The van der Waals surface area contributed by atoms with Crippen molar-refractivity contribution >= 4 is 31.9 Å². The molecule has 60 valence electrons. The fourth-order valence-electron chi connectivity index (χ4n) is 0.835. The van der Waals surface area contributed by atoms with Crippen LogP contribution in [0.1, 0.15) is 23.7 Å². The van der Waals surface area contributed by atoms with Gasteiger partial charge in [-0.3, -0.25) is 4.98 Å². The molecular formula is C8H9Br2N. The van der Waals surface area contributed by atoms with Crippen molar-refractivity contribution in [3.05, 3.63) is 28.5 Å². The minimum atomic E-state index is 0.424. The Hall–Kier alpha value is 0.110. The minimum absolute atomic E-state index is 0.424. The number of halogens is 2. The van der Waals surface area contributed by atoms with Gasteiger partial charge in [-0.2, -0.15) is 0 Å². The number of hydrogen-bond donors (Lipinski definition) is 0. The van der Waals surface area contributed by atoms with Gasteiger partial charge in [0, 0.05) is 21.7 Å². The molecule has 0 radical (unpaired) electrons. The molecule has 0 amide bonds. The van der Waals surface area contributed by atoms with Gasteiger partial charge in [0.25, 0.3) is 0 Å². The molecule has 1 heterocycles. The smallest absolute Gasteiger partial charge is 0.0410 e. The van der Waals surface area contributed by atoms with Crippen LogP contribution in [-0.2, 0) is 0 Å². The average molecular weight is 279 g/mol. The third-order valence-corrected chi connectivity index (χ3v) is 3.06. The molecule has 3 heteroatoms. The lowest BCUT2D eigenvalue weighted by atomic mass is 10.2. The van der Waals surface area contributed by atoms with Crippen molar-refractivity contribution in [2.24, 2.45) is 0 Å². The maximum atomic E-state index is 4.08.